The average Bonchev–Trinajstić information content (AvgIpc) is 2.94. The zero-order chi connectivity index (χ0) is 20.8. The van der Waals surface area contributed by atoms with Crippen molar-refractivity contribution in [2.45, 2.75) is 46.1 Å². The first-order valence-corrected chi connectivity index (χ1v) is 10.1. The fraction of sp³-hybridized carbons (Fsp3) is 0.333. The van der Waals surface area contributed by atoms with Crippen molar-refractivity contribution in [3.8, 4) is 0 Å². The van der Waals surface area contributed by atoms with Crippen LogP contribution in [-0.4, -0.2) is 23.1 Å². The minimum atomic E-state index is -0.334. The lowest BCUT2D eigenvalue weighted by Crippen LogP contribution is -2.14. The second-order valence-corrected chi connectivity index (χ2v) is 7.29. The maximum Gasteiger partial charge on any atom is 0.305 e. The molecule has 0 atom stereocenters. The van der Waals surface area contributed by atoms with Gasteiger partial charge in [-0.2, -0.15) is 0 Å². The molecule has 2 aromatic carbocycles. The third-order valence-electron chi connectivity index (χ3n) is 5.20. The smallest absolute Gasteiger partial charge is 0.305 e. The Labute approximate surface area is 171 Å². The molecule has 0 aliphatic heterocycles. The van der Waals surface area contributed by atoms with Gasteiger partial charge in [-0.05, 0) is 55.5 Å². The monoisotopic (exact) mass is 392 g/mol. The molecule has 0 radical (unpaired) electrons. The van der Waals surface area contributed by atoms with Crippen molar-refractivity contribution in [2.75, 3.05) is 6.61 Å². The van der Waals surface area contributed by atoms with Gasteiger partial charge in [-0.3, -0.25) is 9.59 Å². The number of fused-ring (bicyclic) bond motifs is 1. The Morgan fingerprint density at radius 2 is 1.83 bits per heavy atom. The van der Waals surface area contributed by atoms with Crippen LogP contribution in [0.1, 0.15) is 42.1 Å². The quantitative estimate of drug-likeness (QED) is 0.561. The van der Waals surface area contributed by atoms with Gasteiger partial charge < -0.3 is 15.0 Å². The first-order chi connectivity index (χ1) is 14.0. The maximum atomic E-state index is 11.7. The molecule has 5 heteroatoms. The molecule has 1 amide bonds. The van der Waals surface area contributed by atoms with Crippen LogP contribution in [0.5, 0.6) is 0 Å². The number of ether oxygens (including phenoxy) is 1. The third-order valence-corrected chi connectivity index (χ3v) is 5.20. The summed E-state index contributed by atoms with van der Waals surface area (Å²) in [7, 11) is 0. The van der Waals surface area contributed by atoms with E-state index >= 15 is 0 Å². The number of nitrogens with two attached hydrogens (primary N) is 1. The number of nitrogens with zero attached hydrogens (tertiary/aromatic N) is 1. The Kier molecular flexibility index (Phi) is 6.70. The number of amides is 1. The highest BCUT2D eigenvalue weighted by Crippen LogP contribution is 2.29. The standard InChI is InChI=1S/C24H28N2O3/c1-3-29-24(28)11-7-10-18-12-13-22-21(14-18)20(15-23(25)27)17(2)26(22)16-19-8-5-4-6-9-19/h4-6,8-9,12-14H,3,7,10-11,15-16H2,1-2H3,(H2,25,27). The van der Waals surface area contributed by atoms with Gasteiger partial charge in [0.1, 0.15) is 0 Å². The van der Waals surface area contributed by atoms with Gasteiger partial charge >= 0.3 is 5.97 Å². The summed E-state index contributed by atoms with van der Waals surface area (Å²) in [5.74, 6) is -0.493. The van der Waals surface area contributed by atoms with Crippen molar-refractivity contribution < 1.29 is 14.3 Å². The molecule has 0 aliphatic carbocycles. The number of hydrogen-bond donors (Lipinski definition) is 1. The molecule has 1 aromatic heterocycles. The zero-order valence-corrected chi connectivity index (χ0v) is 17.1. The van der Waals surface area contributed by atoms with Crippen molar-refractivity contribution in [1.82, 2.24) is 4.57 Å². The van der Waals surface area contributed by atoms with Crippen LogP contribution in [0.25, 0.3) is 10.9 Å². The van der Waals surface area contributed by atoms with Crippen LogP contribution < -0.4 is 5.73 Å². The summed E-state index contributed by atoms with van der Waals surface area (Å²) in [6, 6.07) is 16.6. The van der Waals surface area contributed by atoms with Gasteiger partial charge in [0.2, 0.25) is 5.91 Å². The van der Waals surface area contributed by atoms with Gasteiger partial charge in [-0.15, -0.1) is 0 Å². The molecule has 3 aromatic rings. The van der Waals surface area contributed by atoms with Crippen LogP contribution in [0.4, 0.5) is 0 Å². The number of primary amides is 1. The number of rotatable bonds is 9. The van der Waals surface area contributed by atoms with Crippen molar-refractivity contribution in [3.63, 3.8) is 0 Å². The van der Waals surface area contributed by atoms with Crippen LogP contribution in [0.15, 0.2) is 48.5 Å². The molecule has 5 nitrogen and oxygen atoms in total. The summed E-state index contributed by atoms with van der Waals surface area (Å²) >= 11 is 0. The molecular formula is C24H28N2O3. The van der Waals surface area contributed by atoms with Crippen molar-refractivity contribution in [3.05, 3.63) is 70.9 Å². The predicted octanol–water partition coefficient (Wildman–Crippen LogP) is 3.91. The highest BCUT2D eigenvalue weighted by molar-refractivity contribution is 5.90. The van der Waals surface area contributed by atoms with Gasteiger partial charge in [-0.1, -0.05) is 36.4 Å². The fourth-order valence-corrected chi connectivity index (χ4v) is 3.79. The minimum absolute atomic E-state index is 0.159. The maximum absolute atomic E-state index is 11.7. The fourth-order valence-electron chi connectivity index (χ4n) is 3.79. The van der Waals surface area contributed by atoms with E-state index < -0.39 is 0 Å². The summed E-state index contributed by atoms with van der Waals surface area (Å²) < 4.78 is 7.24. The highest BCUT2D eigenvalue weighted by Gasteiger charge is 2.16. The lowest BCUT2D eigenvalue weighted by atomic mass is 10.0. The predicted molar refractivity (Wildman–Crippen MR) is 115 cm³/mol. The number of hydrogen-bond acceptors (Lipinski definition) is 3. The SMILES string of the molecule is CCOC(=O)CCCc1ccc2c(c1)c(CC(N)=O)c(C)n2Cc1ccccc1. The molecule has 2 N–H and O–H groups in total. The molecule has 0 spiro atoms. The Hall–Kier alpha value is -3.08. The number of aromatic nitrogens is 1. The van der Waals surface area contributed by atoms with Gasteiger partial charge in [0.05, 0.1) is 13.0 Å². The van der Waals surface area contributed by atoms with Crippen molar-refractivity contribution in [2.24, 2.45) is 5.73 Å². The second-order valence-electron chi connectivity index (χ2n) is 7.29. The van der Waals surface area contributed by atoms with Gasteiger partial charge in [0, 0.05) is 29.6 Å². The topological polar surface area (TPSA) is 74.3 Å². The third kappa shape index (κ3) is 5.05. The molecule has 3 rings (SSSR count). The van der Waals surface area contributed by atoms with Crippen LogP contribution in [0.2, 0.25) is 0 Å². The second kappa shape index (κ2) is 9.41. The Morgan fingerprint density at radius 1 is 1.07 bits per heavy atom. The lowest BCUT2D eigenvalue weighted by Gasteiger charge is -2.09. The molecule has 0 saturated carbocycles. The first kappa shape index (κ1) is 20.6. The number of carbonyl (C=O) groups is 2. The van der Waals surface area contributed by atoms with E-state index in [-0.39, 0.29) is 18.3 Å². The molecule has 29 heavy (non-hydrogen) atoms. The molecule has 152 valence electrons. The van der Waals surface area contributed by atoms with Gasteiger partial charge in [0.15, 0.2) is 0 Å². The van der Waals surface area contributed by atoms with E-state index in [4.69, 9.17) is 10.5 Å². The first-order valence-electron chi connectivity index (χ1n) is 10.1. The molecule has 0 saturated heterocycles. The largest absolute Gasteiger partial charge is 0.466 e. The van der Waals surface area contributed by atoms with Gasteiger partial charge in [0.25, 0.3) is 0 Å². The zero-order valence-electron chi connectivity index (χ0n) is 17.1. The van der Waals surface area contributed by atoms with E-state index in [1.807, 2.05) is 32.0 Å². The molecule has 1 heterocycles. The van der Waals surface area contributed by atoms with E-state index in [0.717, 1.165) is 47.1 Å². The van der Waals surface area contributed by atoms with E-state index in [0.29, 0.717) is 13.0 Å². The Balaban J connectivity index is 1.91. The van der Waals surface area contributed by atoms with Crippen molar-refractivity contribution in [1.29, 1.82) is 0 Å². The van der Waals surface area contributed by atoms with E-state index in [1.165, 1.54) is 5.56 Å². The summed E-state index contributed by atoms with van der Waals surface area (Å²) in [4.78, 5) is 23.3. The van der Waals surface area contributed by atoms with Crippen molar-refractivity contribution >= 4 is 22.8 Å². The normalized spacial score (nSPS) is 11.0. The molecule has 0 aliphatic rings. The molecule has 0 unspecified atom stereocenters. The highest BCUT2D eigenvalue weighted by atomic mass is 16.5. The van der Waals surface area contributed by atoms with Gasteiger partial charge in [-0.25, -0.2) is 0 Å². The van der Waals surface area contributed by atoms with Crippen LogP contribution in [0.3, 0.4) is 0 Å². The Morgan fingerprint density at radius 3 is 2.52 bits per heavy atom. The summed E-state index contributed by atoms with van der Waals surface area (Å²) in [6.07, 6.45) is 2.15. The minimum Gasteiger partial charge on any atom is -0.466 e. The lowest BCUT2D eigenvalue weighted by molar-refractivity contribution is -0.143. The summed E-state index contributed by atoms with van der Waals surface area (Å²) in [6.45, 7) is 5.01. The molecule has 0 bridgehead atoms. The van der Waals surface area contributed by atoms with E-state index in [9.17, 15) is 9.59 Å². The summed E-state index contributed by atoms with van der Waals surface area (Å²) in [5, 5.41) is 1.06. The number of esters is 1. The Bertz CT molecular complexity index is 1010. The average molecular weight is 392 g/mol. The number of benzene rings is 2. The van der Waals surface area contributed by atoms with E-state index in [2.05, 4.69) is 34.9 Å². The summed E-state index contributed by atoms with van der Waals surface area (Å²) in [5.41, 5.74) is 11.0. The van der Waals surface area contributed by atoms with Crippen LogP contribution in [-0.2, 0) is 33.7 Å². The number of aryl methyl sites for hydroxylation is 1. The number of carbonyl (C=O) groups excluding carboxylic acids is 2. The molecular weight excluding hydrogens is 364 g/mol. The molecule has 0 fully saturated rings. The van der Waals surface area contributed by atoms with Crippen LogP contribution in [0, 0.1) is 6.92 Å². The van der Waals surface area contributed by atoms with Crippen LogP contribution >= 0.6 is 0 Å². The van der Waals surface area contributed by atoms with E-state index in [1.54, 1.807) is 0 Å².